The second kappa shape index (κ2) is 6.53. The molecule has 2 N–H and O–H groups in total. The average Bonchev–Trinajstić information content (AvgIpc) is 2.54. The maximum Gasteiger partial charge on any atom is 0.342 e. The van der Waals surface area contributed by atoms with Crippen molar-refractivity contribution in [3.63, 3.8) is 0 Å². The molecule has 122 valence electrons. The quantitative estimate of drug-likeness (QED) is 0.501. The Morgan fingerprint density at radius 3 is 2.65 bits per heavy atom. The first kappa shape index (κ1) is 16.6. The van der Waals surface area contributed by atoms with Crippen molar-refractivity contribution in [1.29, 1.82) is 0 Å². The molecule has 7 heteroatoms. The number of methoxy groups -OCH3 is 2. The molecule has 0 amide bonds. The molecule has 0 spiro atoms. The van der Waals surface area contributed by atoms with E-state index in [0.29, 0.717) is 5.39 Å². The van der Waals surface area contributed by atoms with Crippen LogP contribution in [0.25, 0.3) is 11.0 Å². The predicted octanol–water partition coefficient (Wildman–Crippen LogP) is 1.66. The Kier molecular flexibility index (Phi) is 4.71. The van der Waals surface area contributed by atoms with E-state index < -0.39 is 17.7 Å². The number of esters is 1. The van der Waals surface area contributed by atoms with E-state index in [9.17, 15) is 19.8 Å². The summed E-state index contributed by atoms with van der Waals surface area (Å²) in [6.07, 6.45) is -0.160. The molecule has 23 heavy (non-hydrogen) atoms. The molecule has 2 rings (SSSR count). The fraction of sp³-hybridized carbons (Fsp3) is 0.250. The van der Waals surface area contributed by atoms with Gasteiger partial charge in [0.1, 0.15) is 6.10 Å². The molecule has 1 heterocycles. The third kappa shape index (κ3) is 3.19. The van der Waals surface area contributed by atoms with Gasteiger partial charge in [-0.15, -0.1) is 0 Å². The summed E-state index contributed by atoms with van der Waals surface area (Å²) in [4.78, 5) is 23.4. The summed E-state index contributed by atoms with van der Waals surface area (Å²) in [5.41, 5.74) is -0.788. The molecule has 0 radical (unpaired) electrons. The molecule has 1 aromatic heterocycles. The minimum atomic E-state index is -1.35. The SMILES string of the molecule is COC(=O)/C(C)=C/C(O)c1cc2ccc(OC)c(O)c2oc1=O. The summed E-state index contributed by atoms with van der Waals surface area (Å²) in [5.74, 6) is -0.753. The van der Waals surface area contributed by atoms with Crippen molar-refractivity contribution in [2.75, 3.05) is 14.2 Å². The van der Waals surface area contributed by atoms with E-state index >= 15 is 0 Å². The van der Waals surface area contributed by atoms with E-state index in [4.69, 9.17) is 9.15 Å². The number of hydrogen-bond acceptors (Lipinski definition) is 7. The fourth-order valence-corrected chi connectivity index (χ4v) is 2.09. The van der Waals surface area contributed by atoms with Gasteiger partial charge in [0.25, 0.3) is 0 Å². The zero-order valence-corrected chi connectivity index (χ0v) is 12.8. The summed E-state index contributed by atoms with van der Waals surface area (Å²) in [6.45, 7) is 1.45. The molecular weight excluding hydrogens is 304 g/mol. The molecular formula is C16H16O7. The number of aliphatic hydroxyl groups is 1. The normalized spacial score (nSPS) is 13.0. The summed E-state index contributed by atoms with van der Waals surface area (Å²) >= 11 is 0. The van der Waals surface area contributed by atoms with Gasteiger partial charge in [0.05, 0.1) is 19.8 Å². The molecule has 0 aliphatic carbocycles. The van der Waals surface area contributed by atoms with Crippen LogP contribution in [0.3, 0.4) is 0 Å². The Morgan fingerprint density at radius 1 is 1.35 bits per heavy atom. The van der Waals surface area contributed by atoms with E-state index in [2.05, 4.69) is 4.74 Å². The Bertz CT molecular complexity index is 832. The molecule has 1 atom stereocenters. The Hall–Kier alpha value is -2.80. The van der Waals surface area contributed by atoms with Crippen LogP contribution in [0.2, 0.25) is 0 Å². The van der Waals surface area contributed by atoms with Crippen molar-refractivity contribution in [1.82, 2.24) is 0 Å². The van der Waals surface area contributed by atoms with Crippen molar-refractivity contribution < 1.29 is 28.9 Å². The van der Waals surface area contributed by atoms with Crippen molar-refractivity contribution in [2.45, 2.75) is 13.0 Å². The minimum Gasteiger partial charge on any atom is -0.502 e. The van der Waals surface area contributed by atoms with Crippen molar-refractivity contribution >= 4 is 16.9 Å². The summed E-state index contributed by atoms with van der Waals surface area (Å²) < 4.78 is 14.5. The van der Waals surface area contributed by atoms with E-state index in [1.807, 2.05) is 0 Å². The highest BCUT2D eigenvalue weighted by atomic mass is 16.5. The molecule has 1 aromatic carbocycles. The van der Waals surface area contributed by atoms with Gasteiger partial charge in [0.15, 0.2) is 11.3 Å². The van der Waals surface area contributed by atoms with E-state index in [1.54, 1.807) is 6.07 Å². The maximum absolute atomic E-state index is 12.0. The zero-order chi connectivity index (χ0) is 17.1. The Morgan fingerprint density at radius 2 is 2.04 bits per heavy atom. The third-order valence-electron chi connectivity index (χ3n) is 3.32. The lowest BCUT2D eigenvalue weighted by molar-refractivity contribution is -0.136. The van der Waals surface area contributed by atoms with Crippen LogP contribution in [-0.4, -0.2) is 30.4 Å². The van der Waals surface area contributed by atoms with E-state index in [1.165, 1.54) is 39.4 Å². The van der Waals surface area contributed by atoms with Gasteiger partial charge in [0.2, 0.25) is 5.75 Å². The van der Waals surface area contributed by atoms with Gasteiger partial charge in [-0.1, -0.05) is 0 Å². The molecule has 0 aliphatic rings. The highest BCUT2D eigenvalue weighted by Gasteiger charge is 2.17. The maximum atomic E-state index is 12.0. The van der Waals surface area contributed by atoms with Crippen molar-refractivity contribution in [3.05, 3.63) is 45.8 Å². The topological polar surface area (TPSA) is 106 Å². The number of phenols is 1. The van der Waals surface area contributed by atoms with Gasteiger partial charge in [-0.25, -0.2) is 9.59 Å². The summed E-state index contributed by atoms with van der Waals surface area (Å²) in [5, 5.41) is 20.5. The lowest BCUT2D eigenvalue weighted by Crippen LogP contribution is -2.12. The van der Waals surface area contributed by atoms with E-state index in [0.717, 1.165) is 0 Å². The predicted molar refractivity (Wildman–Crippen MR) is 81.4 cm³/mol. The van der Waals surface area contributed by atoms with Crippen molar-refractivity contribution in [2.24, 2.45) is 0 Å². The second-order valence-electron chi connectivity index (χ2n) is 4.81. The van der Waals surface area contributed by atoms with Crippen molar-refractivity contribution in [3.8, 4) is 11.5 Å². The van der Waals surface area contributed by atoms with Crippen LogP contribution in [0.5, 0.6) is 11.5 Å². The number of fused-ring (bicyclic) bond motifs is 1. The smallest absolute Gasteiger partial charge is 0.342 e. The molecule has 7 nitrogen and oxygen atoms in total. The number of aromatic hydroxyl groups is 1. The summed E-state index contributed by atoms with van der Waals surface area (Å²) in [7, 11) is 2.59. The number of rotatable bonds is 4. The third-order valence-corrected chi connectivity index (χ3v) is 3.32. The van der Waals surface area contributed by atoms with Gasteiger partial charge in [-0.2, -0.15) is 0 Å². The minimum absolute atomic E-state index is 0.0426. The van der Waals surface area contributed by atoms with Crippen LogP contribution in [0, 0.1) is 0 Å². The van der Waals surface area contributed by atoms with Gasteiger partial charge in [-0.05, 0) is 31.2 Å². The molecule has 0 aliphatic heterocycles. The molecule has 0 fully saturated rings. The highest BCUT2D eigenvalue weighted by molar-refractivity contribution is 5.88. The summed E-state index contributed by atoms with van der Waals surface area (Å²) in [6, 6.07) is 4.46. The standard InChI is InChI=1S/C16H16O7/c1-8(15(19)22-3)6-11(17)10-7-9-4-5-12(21-2)13(18)14(9)23-16(10)20/h4-7,11,17-18H,1-3H3/b8-6+. The first-order valence-electron chi connectivity index (χ1n) is 6.67. The number of benzene rings is 1. The molecule has 2 aromatic rings. The second-order valence-corrected chi connectivity index (χ2v) is 4.81. The number of phenolic OH excluding ortho intramolecular Hbond substituents is 1. The number of ether oxygens (including phenoxy) is 2. The molecule has 1 unspecified atom stereocenters. The molecule has 0 saturated carbocycles. The number of carbonyl (C=O) groups is 1. The number of aliphatic hydroxyl groups excluding tert-OH is 1. The van der Waals surface area contributed by atoms with Crippen LogP contribution in [0.15, 0.2) is 39.1 Å². The zero-order valence-electron chi connectivity index (χ0n) is 12.8. The largest absolute Gasteiger partial charge is 0.502 e. The van der Waals surface area contributed by atoms with Crippen LogP contribution in [0.1, 0.15) is 18.6 Å². The number of hydrogen-bond donors (Lipinski definition) is 2. The van der Waals surface area contributed by atoms with Crippen LogP contribution in [0.4, 0.5) is 0 Å². The average molecular weight is 320 g/mol. The lowest BCUT2D eigenvalue weighted by atomic mass is 10.1. The van der Waals surface area contributed by atoms with Gasteiger partial charge in [-0.3, -0.25) is 0 Å². The van der Waals surface area contributed by atoms with Crippen LogP contribution < -0.4 is 10.4 Å². The highest BCUT2D eigenvalue weighted by Crippen LogP contribution is 2.34. The van der Waals surface area contributed by atoms with Gasteiger partial charge in [0, 0.05) is 11.0 Å². The van der Waals surface area contributed by atoms with Gasteiger partial charge < -0.3 is 24.1 Å². The lowest BCUT2D eigenvalue weighted by Gasteiger charge is -2.09. The number of carbonyl (C=O) groups excluding carboxylic acids is 1. The van der Waals surface area contributed by atoms with Crippen LogP contribution in [-0.2, 0) is 9.53 Å². The molecule has 0 saturated heterocycles. The fourth-order valence-electron chi connectivity index (χ4n) is 2.09. The van der Waals surface area contributed by atoms with Gasteiger partial charge >= 0.3 is 11.6 Å². The molecule has 0 bridgehead atoms. The first-order valence-corrected chi connectivity index (χ1v) is 6.67. The Balaban J connectivity index is 2.53. The van der Waals surface area contributed by atoms with E-state index in [-0.39, 0.29) is 28.2 Å². The Labute approximate surface area is 131 Å². The van der Waals surface area contributed by atoms with Crippen LogP contribution >= 0.6 is 0 Å². The monoisotopic (exact) mass is 320 g/mol. The first-order chi connectivity index (χ1) is 10.9.